The molecule has 0 bridgehead atoms. The van der Waals surface area contributed by atoms with Crippen LogP contribution in [0, 0.1) is 17.7 Å². The van der Waals surface area contributed by atoms with Crippen LogP contribution in [0.25, 0.3) is 11.3 Å². The molecule has 1 heterocycles. The van der Waals surface area contributed by atoms with Crippen LogP contribution in [0.4, 0.5) is 4.39 Å². The number of rotatable bonds is 3. The van der Waals surface area contributed by atoms with Gasteiger partial charge in [-0.25, -0.2) is 4.39 Å². The van der Waals surface area contributed by atoms with Crippen LogP contribution in [-0.4, -0.2) is 16.9 Å². The standard InChI is InChI=1S/C20H22ClFN2O/c1-12-5-3-7-18(13(12)2)24-20(25)15-9-8-14(11-17(15)22)19-16(21)6-4-10-23-19/h4,6,8-13,18H,3,5,7H2,1-2H3,(H,24,25). The molecule has 1 aliphatic carbocycles. The molecule has 1 aliphatic rings. The van der Waals surface area contributed by atoms with Crippen LogP contribution in [0.15, 0.2) is 36.5 Å². The van der Waals surface area contributed by atoms with E-state index in [-0.39, 0.29) is 17.5 Å². The van der Waals surface area contributed by atoms with Crippen molar-refractivity contribution in [3.05, 3.63) is 52.9 Å². The van der Waals surface area contributed by atoms with E-state index in [2.05, 4.69) is 24.1 Å². The second-order valence-electron chi connectivity index (χ2n) is 6.88. The molecule has 1 aromatic heterocycles. The number of hydrogen-bond acceptors (Lipinski definition) is 2. The Labute approximate surface area is 152 Å². The van der Waals surface area contributed by atoms with Gasteiger partial charge in [-0.3, -0.25) is 9.78 Å². The summed E-state index contributed by atoms with van der Waals surface area (Å²) in [5, 5.41) is 3.45. The zero-order valence-electron chi connectivity index (χ0n) is 14.4. The largest absolute Gasteiger partial charge is 0.349 e. The molecular weight excluding hydrogens is 339 g/mol. The molecular formula is C20H22ClFN2O. The summed E-state index contributed by atoms with van der Waals surface area (Å²) in [6, 6.07) is 8.02. The van der Waals surface area contributed by atoms with Gasteiger partial charge in [0.1, 0.15) is 5.82 Å². The first-order valence-electron chi connectivity index (χ1n) is 8.68. The summed E-state index contributed by atoms with van der Waals surface area (Å²) >= 11 is 6.11. The number of nitrogens with zero attached hydrogens (tertiary/aromatic N) is 1. The Morgan fingerprint density at radius 3 is 2.80 bits per heavy atom. The number of carbonyl (C=O) groups excluding carboxylic acids is 1. The van der Waals surface area contributed by atoms with Crippen molar-refractivity contribution < 1.29 is 9.18 Å². The quantitative estimate of drug-likeness (QED) is 0.827. The highest BCUT2D eigenvalue weighted by Gasteiger charge is 2.29. The van der Waals surface area contributed by atoms with Gasteiger partial charge in [-0.2, -0.15) is 0 Å². The van der Waals surface area contributed by atoms with Crippen LogP contribution in [0.1, 0.15) is 43.5 Å². The third-order valence-corrected chi connectivity index (χ3v) is 5.57. The van der Waals surface area contributed by atoms with E-state index in [0.717, 1.165) is 12.8 Å². The maximum absolute atomic E-state index is 14.5. The molecule has 0 radical (unpaired) electrons. The lowest BCUT2D eigenvalue weighted by molar-refractivity contribution is 0.0887. The monoisotopic (exact) mass is 360 g/mol. The Morgan fingerprint density at radius 2 is 2.08 bits per heavy atom. The van der Waals surface area contributed by atoms with E-state index < -0.39 is 5.82 Å². The molecule has 1 fully saturated rings. The van der Waals surface area contributed by atoms with Crippen molar-refractivity contribution in [1.29, 1.82) is 0 Å². The average molecular weight is 361 g/mol. The number of hydrogen-bond donors (Lipinski definition) is 1. The van der Waals surface area contributed by atoms with Crippen LogP contribution in [0.3, 0.4) is 0 Å². The molecule has 3 atom stereocenters. The van der Waals surface area contributed by atoms with Crippen LogP contribution in [0.5, 0.6) is 0 Å². The minimum absolute atomic E-state index is 0.0567. The highest BCUT2D eigenvalue weighted by atomic mass is 35.5. The molecule has 3 rings (SSSR count). The van der Waals surface area contributed by atoms with Crippen LogP contribution < -0.4 is 5.32 Å². The SMILES string of the molecule is CC1CCCC(NC(=O)c2ccc(-c3ncccc3Cl)cc2F)C1C. The van der Waals surface area contributed by atoms with Gasteiger partial charge in [-0.05, 0) is 42.5 Å². The highest BCUT2D eigenvalue weighted by Crippen LogP contribution is 2.30. The molecule has 0 spiro atoms. The van der Waals surface area contributed by atoms with Crippen molar-refractivity contribution in [2.45, 2.75) is 39.2 Å². The van der Waals surface area contributed by atoms with E-state index in [1.807, 2.05) is 0 Å². The smallest absolute Gasteiger partial charge is 0.254 e. The third kappa shape index (κ3) is 3.84. The first-order valence-corrected chi connectivity index (χ1v) is 9.06. The van der Waals surface area contributed by atoms with E-state index in [1.165, 1.54) is 18.6 Å². The molecule has 1 amide bonds. The van der Waals surface area contributed by atoms with Gasteiger partial charge >= 0.3 is 0 Å². The van der Waals surface area contributed by atoms with Crippen molar-refractivity contribution in [2.24, 2.45) is 11.8 Å². The molecule has 2 aromatic rings. The van der Waals surface area contributed by atoms with E-state index >= 15 is 0 Å². The molecule has 5 heteroatoms. The van der Waals surface area contributed by atoms with E-state index in [1.54, 1.807) is 24.4 Å². The Hall–Kier alpha value is -1.94. The van der Waals surface area contributed by atoms with Crippen molar-refractivity contribution in [2.75, 3.05) is 0 Å². The van der Waals surface area contributed by atoms with Crippen molar-refractivity contribution in [3.63, 3.8) is 0 Å². The maximum atomic E-state index is 14.5. The van der Waals surface area contributed by atoms with Gasteiger partial charge in [0.2, 0.25) is 0 Å². The average Bonchev–Trinajstić information content (AvgIpc) is 2.59. The number of amides is 1. The first kappa shape index (κ1) is 17.9. The molecule has 132 valence electrons. The minimum atomic E-state index is -0.562. The lowest BCUT2D eigenvalue weighted by atomic mass is 9.78. The lowest BCUT2D eigenvalue weighted by Gasteiger charge is -2.34. The summed E-state index contributed by atoms with van der Waals surface area (Å²) < 4.78 is 14.5. The summed E-state index contributed by atoms with van der Waals surface area (Å²) in [7, 11) is 0. The summed E-state index contributed by atoms with van der Waals surface area (Å²) in [5.41, 5.74) is 1.12. The summed E-state index contributed by atoms with van der Waals surface area (Å²) in [5.74, 6) is 0.0419. The molecule has 0 aliphatic heterocycles. The Balaban J connectivity index is 1.79. The molecule has 1 aromatic carbocycles. The fraction of sp³-hybridized carbons (Fsp3) is 0.400. The second-order valence-corrected chi connectivity index (χ2v) is 7.28. The number of pyridine rings is 1. The number of nitrogens with one attached hydrogen (secondary N) is 1. The molecule has 25 heavy (non-hydrogen) atoms. The third-order valence-electron chi connectivity index (χ3n) is 5.27. The van der Waals surface area contributed by atoms with E-state index in [9.17, 15) is 9.18 Å². The number of benzene rings is 1. The fourth-order valence-electron chi connectivity index (χ4n) is 3.48. The zero-order valence-corrected chi connectivity index (χ0v) is 15.2. The lowest BCUT2D eigenvalue weighted by Crippen LogP contribution is -2.43. The summed E-state index contributed by atoms with van der Waals surface area (Å²) in [6.45, 7) is 4.35. The van der Waals surface area contributed by atoms with Crippen molar-refractivity contribution >= 4 is 17.5 Å². The topological polar surface area (TPSA) is 42.0 Å². The van der Waals surface area contributed by atoms with Crippen molar-refractivity contribution in [1.82, 2.24) is 10.3 Å². The fourth-order valence-corrected chi connectivity index (χ4v) is 3.71. The Bertz CT molecular complexity index is 780. The molecule has 3 nitrogen and oxygen atoms in total. The van der Waals surface area contributed by atoms with Crippen LogP contribution in [-0.2, 0) is 0 Å². The Morgan fingerprint density at radius 1 is 1.28 bits per heavy atom. The molecule has 0 saturated heterocycles. The van der Waals surface area contributed by atoms with Gasteiger partial charge in [-0.1, -0.05) is 44.4 Å². The second kappa shape index (κ2) is 7.52. The first-order chi connectivity index (χ1) is 12.0. The molecule has 3 unspecified atom stereocenters. The van der Waals surface area contributed by atoms with Gasteiger partial charge in [0.15, 0.2) is 0 Å². The predicted octanol–water partition coefficient (Wildman–Crippen LogP) is 5.10. The van der Waals surface area contributed by atoms with Gasteiger partial charge in [0.25, 0.3) is 5.91 Å². The Kier molecular flexibility index (Phi) is 5.38. The zero-order chi connectivity index (χ0) is 18.0. The maximum Gasteiger partial charge on any atom is 0.254 e. The molecule has 1 N–H and O–H groups in total. The predicted molar refractivity (Wildman–Crippen MR) is 98.1 cm³/mol. The van der Waals surface area contributed by atoms with Gasteiger partial charge < -0.3 is 5.32 Å². The van der Waals surface area contributed by atoms with E-state index in [0.29, 0.717) is 28.1 Å². The molecule has 1 saturated carbocycles. The van der Waals surface area contributed by atoms with Gasteiger partial charge in [-0.15, -0.1) is 0 Å². The van der Waals surface area contributed by atoms with Gasteiger partial charge in [0, 0.05) is 17.8 Å². The van der Waals surface area contributed by atoms with E-state index in [4.69, 9.17) is 11.6 Å². The van der Waals surface area contributed by atoms with Crippen LogP contribution in [0.2, 0.25) is 5.02 Å². The minimum Gasteiger partial charge on any atom is -0.349 e. The highest BCUT2D eigenvalue weighted by molar-refractivity contribution is 6.33. The summed E-state index contributed by atoms with van der Waals surface area (Å²) in [6.07, 6.45) is 4.82. The van der Waals surface area contributed by atoms with Crippen molar-refractivity contribution in [3.8, 4) is 11.3 Å². The summed E-state index contributed by atoms with van der Waals surface area (Å²) in [4.78, 5) is 16.7. The number of carbonyl (C=O) groups is 1. The number of aromatic nitrogens is 1. The van der Waals surface area contributed by atoms with Gasteiger partial charge in [0.05, 0.1) is 16.3 Å². The number of halogens is 2. The normalized spacial score (nSPS) is 23.3. The van der Waals surface area contributed by atoms with Crippen LogP contribution >= 0.6 is 11.6 Å².